The fraction of sp³-hybridized carbons (Fsp3) is 0.308. The Labute approximate surface area is 97.6 Å². The van der Waals surface area contributed by atoms with Crippen molar-refractivity contribution in [3.8, 4) is 0 Å². The van der Waals surface area contributed by atoms with E-state index in [-0.39, 0.29) is 0 Å². The minimum atomic E-state index is 0.600. The normalized spacial score (nSPS) is 13.7. The minimum absolute atomic E-state index is 0.600. The molecule has 15 heavy (non-hydrogen) atoms. The van der Waals surface area contributed by atoms with Crippen LogP contribution in [0.15, 0.2) is 35.4 Å². The molecule has 0 N–H and O–H groups in total. The fourth-order valence-corrected chi connectivity index (χ4v) is 1.77. The second-order valence-electron chi connectivity index (χ2n) is 4.49. The number of halogens is 1. The molecule has 0 aliphatic rings. The van der Waals surface area contributed by atoms with Gasteiger partial charge < -0.3 is 4.48 Å². The van der Waals surface area contributed by atoms with E-state index in [1.165, 1.54) is 5.56 Å². The number of hydrogen-bond acceptors (Lipinski definition) is 0. The number of nitrogens with zero attached hydrogens (tertiary/aromatic N) is 1. The summed E-state index contributed by atoms with van der Waals surface area (Å²) in [5.74, 6) is 0. The molecule has 0 saturated carbocycles. The van der Waals surface area contributed by atoms with Crippen LogP contribution in [0.5, 0.6) is 0 Å². The Balaban J connectivity index is 2.91. The van der Waals surface area contributed by atoms with Gasteiger partial charge in [-0.05, 0) is 18.1 Å². The molecule has 0 radical (unpaired) electrons. The quantitative estimate of drug-likeness (QED) is 0.543. The summed E-state index contributed by atoms with van der Waals surface area (Å²) in [5.41, 5.74) is 2.31. The van der Waals surface area contributed by atoms with Gasteiger partial charge in [-0.15, -0.1) is 7.05 Å². The molecule has 0 aliphatic heterocycles. The zero-order chi connectivity index (χ0) is 11.5. The van der Waals surface area contributed by atoms with Gasteiger partial charge in [-0.1, -0.05) is 41.9 Å². The molecule has 0 aliphatic carbocycles. The second kappa shape index (κ2) is 4.82. The molecule has 0 aromatic heterocycles. The molecule has 1 aromatic rings. The molecule has 0 heterocycles. The highest BCUT2D eigenvalue weighted by atomic mass is 35.5. The van der Waals surface area contributed by atoms with Crippen LogP contribution in [-0.4, -0.2) is 25.1 Å². The van der Waals surface area contributed by atoms with E-state index in [1.807, 2.05) is 39.2 Å². The van der Waals surface area contributed by atoms with Gasteiger partial charge in [0.15, 0.2) is 0 Å². The number of benzene rings is 1. The van der Waals surface area contributed by atoms with Crippen LogP contribution >= 0.6 is 11.6 Å². The molecule has 0 fully saturated rings. The van der Waals surface area contributed by atoms with E-state index in [2.05, 4.69) is 19.2 Å². The first-order valence-corrected chi connectivity index (χ1v) is 5.36. The standard InChI is InChI=1S/C13H18ClN/c1-11(12-8-6-5-7-9-12)13(14)10-15(2,3)4/h5-9H,2,10H2,1,3-4H3. The van der Waals surface area contributed by atoms with E-state index < -0.39 is 0 Å². The molecule has 0 unspecified atom stereocenters. The first kappa shape index (κ1) is 12.3. The minimum Gasteiger partial charge on any atom is -0.457 e. The monoisotopic (exact) mass is 223 g/mol. The van der Waals surface area contributed by atoms with Gasteiger partial charge in [0.25, 0.3) is 0 Å². The Morgan fingerprint density at radius 3 is 2.27 bits per heavy atom. The highest BCUT2D eigenvalue weighted by molar-refractivity contribution is 6.32. The van der Waals surface area contributed by atoms with Crippen LogP contribution in [0.25, 0.3) is 5.57 Å². The Bertz CT molecular complexity index is 347. The summed E-state index contributed by atoms with van der Waals surface area (Å²) < 4.78 is 0.600. The lowest BCUT2D eigenvalue weighted by Gasteiger charge is -2.32. The van der Waals surface area contributed by atoms with Crippen molar-refractivity contribution in [2.45, 2.75) is 6.92 Å². The highest BCUT2D eigenvalue weighted by Gasteiger charge is 2.08. The maximum atomic E-state index is 6.27. The van der Waals surface area contributed by atoms with Gasteiger partial charge in [-0.3, -0.25) is 0 Å². The molecule has 0 saturated heterocycles. The summed E-state index contributed by atoms with van der Waals surface area (Å²) in [6, 6.07) is 10.2. The summed E-state index contributed by atoms with van der Waals surface area (Å²) in [4.78, 5) is 0. The summed E-state index contributed by atoms with van der Waals surface area (Å²) >= 11 is 6.27. The van der Waals surface area contributed by atoms with E-state index in [9.17, 15) is 0 Å². The van der Waals surface area contributed by atoms with Gasteiger partial charge in [0.05, 0.1) is 11.6 Å². The molecule has 1 rings (SSSR count). The number of hydrogen-bond donors (Lipinski definition) is 0. The summed E-state index contributed by atoms with van der Waals surface area (Å²) in [6.45, 7) is 2.80. The molecule has 2 heteroatoms. The Hall–Kier alpha value is -0.790. The van der Waals surface area contributed by atoms with Crippen molar-refractivity contribution in [1.82, 2.24) is 0 Å². The zero-order valence-electron chi connectivity index (χ0n) is 9.63. The molecular weight excluding hydrogens is 206 g/mol. The van der Waals surface area contributed by atoms with Gasteiger partial charge >= 0.3 is 0 Å². The molecule has 0 spiro atoms. The SMILES string of the molecule is [CH2-][N+](C)(C)CC(Cl)=C(C)c1ccccc1. The molecular formula is C13H18ClN. The first-order chi connectivity index (χ1) is 6.90. The second-order valence-corrected chi connectivity index (χ2v) is 4.95. The van der Waals surface area contributed by atoms with E-state index >= 15 is 0 Å². The van der Waals surface area contributed by atoms with Gasteiger partial charge in [0.2, 0.25) is 0 Å². The predicted octanol–water partition coefficient (Wildman–Crippen LogP) is 3.52. The summed E-state index contributed by atoms with van der Waals surface area (Å²) in [5, 5.41) is 0.876. The van der Waals surface area contributed by atoms with Crippen molar-refractivity contribution in [2.75, 3.05) is 20.6 Å². The highest BCUT2D eigenvalue weighted by Crippen LogP contribution is 2.22. The molecule has 1 aromatic carbocycles. The third kappa shape index (κ3) is 4.06. The van der Waals surface area contributed by atoms with Crippen LogP contribution in [0.3, 0.4) is 0 Å². The van der Waals surface area contributed by atoms with Crippen LogP contribution in [0.2, 0.25) is 0 Å². The Kier molecular flexibility index (Phi) is 3.95. The van der Waals surface area contributed by atoms with E-state index in [1.54, 1.807) is 0 Å². The molecule has 0 atom stereocenters. The zero-order valence-corrected chi connectivity index (χ0v) is 10.4. The van der Waals surface area contributed by atoms with Crippen LogP contribution in [0.4, 0.5) is 0 Å². The third-order valence-corrected chi connectivity index (χ3v) is 2.58. The number of rotatable bonds is 3. The van der Waals surface area contributed by atoms with Gasteiger partial charge in [0, 0.05) is 14.1 Å². The first-order valence-electron chi connectivity index (χ1n) is 4.98. The van der Waals surface area contributed by atoms with Crippen LogP contribution < -0.4 is 0 Å². The van der Waals surface area contributed by atoms with E-state index in [0.29, 0.717) is 4.48 Å². The van der Waals surface area contributed by atoms with Crippen molar-refractivity contribution in [1.29, 1.82) is 0 Å². The van der Waals surface area contributed by atoms with Crippen molar-refractivity contribution >= 4 is 17.2 Å². The third-order valence-electron chi connectivity index (χ3n) is 2.18. The Morgan fingerprint density at radius 2 is 1.80 bits per heavy atom. The van der Waals surface area contributed by atoms with Crippen molar-refractivity contribution in [3.05, 3.63) is 48.0 Å². The number of quaternary nitrogens is 1. The van der Waals surface area contributed by atoms with Crippen molar-refractivity contribution in [3.63, 3.8) is 0 Å². The molecule has 0 bridgehead atoms. The Morgan fingerprint density at radius 1 is 1.27 bits per heavy atom. The van der Waals surface area contributed by atoms with Gasteiger partial charge in [0.1, 0.15) is 0 Å². The predicted molar refractivity (Wildman–Crippen MR) is 67.2 cm³/mol. The average Bonchev–Trinajstić information content (AvgIpc) is 2.15. The summed E-state index contributed by atoms with van der Waals surface area (Å²) in [6.07, 6.45) is 0. The maximum absolute atomic E-state index is 6.27. The topological polar surface area (TPSA) is 0 Å². The van der Waals surface area contributed by atoms with Crippen molar-refractivity contribution < 1.29 is 4.48 Å². The van der Waals surface area contributed by atoms with Crippen LogP contribution in [-0.2, 0) is 0 Å². The lowest BCUT2D eigenvalue weighted by atomic mass is 10.1. The molecule has 82 valence electrons. The number of likely N-dealkylation sites (N-methyl/N-ethyl adjacent to an activating group) is 1. The summed E-state index contributed by atoms with van der Waals surface area (Å²) in [7, 11) is 8.06. The van der Waals surface area contributed by atoms with E-state index in [0.717, 1.165) is 17.2 Å². The largest absolute Gasteiger partial charge is 0.457 e. The van der Waals surface area contributed by atoms with Crippen molar-refractivity contribution in [2.24, 2.45) is 0 Å². The number of allylic oxidation sites excluding steroid dienone is 1. The van der Waals surface area contributed by atoms with Gasteiger partial charge in [-0.25, -0.2) is 0 Å². The average molecular weight is 224 g/mol. The van der Waals surface area contributed by atoms with Crippen LogP contribution in [0.1, 0.15) is 12.5 Å². The molecule has 0 amide bonds. The lowest BCUT2D eigenvalue weighted by Crippen LogP contribution is -2.33. The lowest BCUT2D eigenvalue weighted by molar-refractivity contribution is -0.839. The smallest absolute Gasteiger partial charge is 0.0909 e. The maximum Gasteiger partial charge on any atom is 0.0909 e. The van der Waals surface area contributed by atoms with E-state index in [4.69, 9.17) is 11.6 Å². The fourth-order valence-electron chi connectivity index (χ4n) is 1.34. The van der Waals surface area contributed by atoms with Crippen LogP contribution in [0, 0.1) is 7.05 Å². The van der Waals surface area contributed by atoms with Gasteiger partial charge in [-0.2, -0.15) is 0 Å². The molecule has 1 nitrogen and oxygen atoms in total.